The maximum atomic E-state index is 10.2. The Morgan fingerprint density at radius 2 is 2.00 bits per heavy atom. The van der Waals surface area contributed by atoms with Crippen LogP contribution in [0.3, 0.4) is 0 Å². The molecule has 0 bridgehead atoms. The molecule has 3 rings (SSSR count). The van der Waals surface area contributed by atoms with Crippen molar-refractivity contribution in [3.8, 4) is 6.01 Å². The lowest BCUT2D eigenvalue weighted by molar-refractivity contribution is 0.0980. The van der Waals surface area contributed by atoms with Gasteiger partial charge in [0.15, 0.2) is 0 Å². The predicted molar refractivity (Wildman–Crippen MR) is 74.5 cm³/mol. The van der Waals surface area contributed by atoms with Gasteiger partial charge in [0, 0.05) is 12.4 Å². The first-order valence-electron chi connectivity index (χ1n) is 7.31. The topological polar surface area (TPSA) is 86.0 Å². The van der Waals surface area contributed by atoms with Crippen molar-refractivity contribution in [2.24, 2.45) is 0 Å². The summed E-state index contributed by atoms with van der Waals surface area (Å²) in [6.07, 6.45) is 9.87. The van der Waals surface area contributed by atoms with E-state index in [9.17, 15) is 5.11 Å². The van der Waals surface area contributed by atoms with Crippen molar-refractivity contribution in [1.29, 1.82) is 0 Å². The molecule has 1 N–H and O–H groups in total. The lowest BCUT2D eigenvalue weighted by atomic mass is 10.1. The van der Waals surface area contributed by atoms with E-state index in [1.165, 1.54) is 6.42 Å². The molecule has 1 saturated carbocycles. The molecule has 2 aromatic heterocycles. The number of rotatable bonds is 4. The summed E-state index contributed by atoms with van der Waals surface area (Å²) in [7, 11) is 0. The normalized spacial score (nSPS) is 22.7. The number of hydrogen-bond acceptors (Lipinski definition) is 6. The van der Waals surface area contributed by atoms with Crippen LogP contribution >= 0.6 is 0 Å². The van der Waals surface area contributed by atoms with E-state index in [4.69, 9.17) is 4.74 Å². The van der Waals surface area contributed by atoms with Crippen molar-refractivity contribution in [3.05, 3.63) is 30.4 Å². The smallest absolute Gasteiger partial charge is 0.316 e. The third-order valence-corrected chi connectivity index (χ3v) is 3.73. The van der Waals surface area contributed by atoms with Crippen molar-refractivity contribution in [3.63, 3.8) is 0 Å². The Morgan fingerprint density at radius 3 is 2.86 bits per heavy atom. The van der Waals surface area contributed by atoms with Crippen LogP contribution in [-0.4, -0.2) is 36.2 Å². The molecular formula is C14H19N5O2. The van der Waals surface area contributed by atoms with Crippen molar-refractivity contribution < 1.29 is 9.84 Å². The fraction of sp³-hybridized carbons (Fsp3) is 0.571. The van der Waals surface area contributed by atoms with Crippen molar-refractivity contribution >= 4 is 0 Å². The summed E-state index contributed by atoms with van der Waals surface area (Å²) in [5.74, 6) is 0. The zero-order valence-corrected chi connectivity index (χ0v) is 11.8. The summed E-state index contributed by atoms with van der Waals surface area (Å²) in [6, 6.07) is 2.07. The zero-order valence-electron chi connectivity index (χ0n) is 11.8. The summed E-state index contributed by atoms with van der Waals surface area (Å²) < 4.78 is 7.21. The molecule has 0 unspecified atom stereocenters. The van der Waals surface area contributed by atoms with Crippen molar-refractivity contribution in [2.75, 3.05) is 0 Å². The molecule has 0 spiro atoms. The van der Waals surface area contributed by atoms with Crippen LogP contribution < -0.4 is 4.74 Å². The molecule has 2 heterocycles. The van der Waals surface area contributed by atoms with E-state index in [-0.39, 0.29) is 18.8 Å². The van der Waals surface area contributed by atoms with E-state index in [2.05, 4.69) is 20.3 Å². The van der Waals surface area contributed by atoms with E-state index >= 15 is 0 Å². The Hall–Kier alpha value is -2.02. The zero-order chi connectivity index (χ0) is 14.5. The average Bonchev–Trinajstić information content (AvgIpc) is 2.88. The third-order valence-electron chi connectivity index (χ3n) is 3.73. The number of aromatic nitrogens is 5. The molecule has 7 nitrogen and oxygen atoms in total. The van der Waals surface area contributed by atoms with Gasteiger partial charge in [0.1, 0.15) is 12.3 Å². The molecule has 0 saturated heterocycles. The Kier molecular flexibility index (Phi) is 4.40. The second kappa shape index (κ2) is 6.62. The molecule has 1 fully saturated rings. The number of aliphatic hydroxyl groups excluding tert-OH is 1. The Labute approximate surface area is 123 Å². The summed E-state index contributed by atoms with van der Waals surface area (Å²) >= 11 is 0. The third kappa shape index (κ3) is 3.55. The molecule has 2 aromatic rings. The van der Waals surface area contributed by atoms with Gasteiger partial charge in [-0.2, -0.15) is 0 Å². The molecule has 21 heavy (non-hydrogen) atoms. The van der Waals surface area contributed by atoms with Gasteiger partial charge < -0.3 is 9.84 Å². The van der Waals surface area contributed by atoms with Gasteiger partial charge in [-0.05, 0) is 18.9 Å². The number of nitrogens with zero attached hydrogens (tertiary/aromatic N) is 5. The van der Waals surface area contributed by atoms with Gasteiger partial charge in [-0.15, -0.1) is 5.10 Å². The van der Waals surface area contributed by atoms with Crippen LogP contribution in [-0.2, 0) is 6.61 Å². The van der Waals surface area contributed by atoms with E-state index < -0.39 is 0 Å². The second-order valence-electron chi connectivity index (χ2n) is 5.28. The van der Waals surface area contributed by atoms with Crippen LogP contribution in [0.5, 0.6) is 6.01 Å². The van der Waals surface area contributed by atoms with Crippen LogP contribution in [0, 0.1) is 0 Å². The molecule has 2 atom stereocenters. The van der Waals surface area contributed by atoms with Gasteiger partial charge >= 0.3 is 6.01 Å². The fourth-order valence-electron chi connectivity index (χ4n) is 2.62. The monoisotopic (exact) mass is 289 g/mol. The van der Waals surface area contributed by atoms with E-state index in [0.29, 0.717) is 11.7 Å². The second-order valence-corrected chi connectivity index (χ2v) is 5.28. The highest BCUT2D eigenvalue weighted by Crippen LogP contribution is 2.26. The first kappa shape index (κ1) is 13.9. The highest BCUT2D eigenvalue weighted by molar-refractivity contribution is 4.97. The quantitative estimate of drug-likeness (QED) is 0.859. The van der Waals surface area contributed by atoms with Gasteiger partial charge in [0.05, 0.1) is 18.3 Å². The molecule has 0 aromatic carbocycles. The summed E-state index contributed by atoms with van der Waals surface area (Å²) in [5, 5.41) is 18.4. The first-order chi connectivity index (χ1) is 10.3. The van der Waals surface area contributed by atoms with E-state index in [0.717, 1.165) is 25.7 Å². The predicted octanol–water partition coefficient (Wildman–Crippen LogP) is 1.51. The standard InChI is InChI=1S/C14H19N5O2/c20-13-6-3-1-2-5-12(13)19-9-11(17-18-19)10-21-14-15-7-4-8-16-14/h4,7-9,12-13,20H,1-3,5-6,10H2/t12-,13-/m1/s1. The molecule has 0 amide bonds. The van der Waals surface area contributed by atoms with Gasteiger partial charge in [0.2, 0.25) is 0 Å². The maximum Gasteiger partial charge on any atom is 0.316 e. The van der Waals surface area contributed by atoms with Crippen molar-refractivity contribution in [2.45, 2.75) is 50.9 Å². The Balaban J connectivity index is 1.62. The van der Waals surface area contributed by atoms with Crippen LogP contribution in [0.1, 0.15) is 43.8 Å². The molecule has 112 valence electrons. The van der Waals surface area contributed by atoms with Gasteiger partial charge in [-0.3, -0.25) is 0 Å². The summed E-state index contributed by atoms with van der Waals surface area (Å²) in [6.45, 7) is 0.271. The van der Waals surface area contributed by atoms with Crippen LogP contribution in [0.2, 0.25) is 0 Å². The van der Waals surface area contributed by atoms with Gasteiger partial charge in [0.25, 0.3) is 0 Å². The Morgan fingerprint density at radius 1 is 1.19 bits per heavy atom. The van der Waals surface area contributed by atoms with Crippen LogP contribution in [0.15, 0.2) is 24.7 Å². The number of hydrogen-bond donors (Lipinski definition) is 1. The van der Waals surface area contributed by atoms with Gasteiger partial charge in [-0.25, -0.2) is 14.6 Å². The van der Waals surface area contributed by atoms with Crippen LogP contribution in [0.25, 0.3) is 0 Å². The highest BCUT2D eigenvalue weighted by Gasteiger charge is 2.24. The van der Waals surface area contributed by atoms with Crippen molar-refractivity contribution in [1.82, 2.24) is 25.0 Å². The summed E-state index contributed by atoms with van der Waals surface area (Å²) in [5.41, 5.74) is 0.707. The van der Waals surface area contributed by atoms with Gasteiger partial charge in [-0.1, -0.05) is 24.5 Å². The molecule has 0 radical (unpaired) electrons. The lowest BCUT2D eigenvalue weighted by Crippen LogP contribution is -2.23. The molecule has 0 aliphatic heterocycles. The highest BCUT2D eigenvalue weighted by atomic mass is 16.5. The largest absolute Gasteiger partial charge is 0.457 e. The lowest BCUT2D eigenvalue weighted by Gasteiger charge is -2.19. The molecule has 1 aliphatic rings. The fourth-order valence-corrected chi connectivity index (χ4v) is 2.62. The maximum absolute atomic E-state index is 10.2. The average molecular weight is 289 g/mol. The number of ether oxygens (including phenoxy) is 1. The SMILES string of the molecule is O[C@@H]1CCCCC[C@H]1n1cc(COc2ncccn2)nn1. The van der Waals surface area contributed by atoms with E-state index in [1.54, 1.807) is 23.1 Å². The molecule has 7 heteroatoms. The minimum Gasteiger partial charge on any atom is -0.457 e. The molecular weight excluding hydrogens is 270 g/mol. The molecule has 1 aliphatic carbocycles. The minimum atomic E-state index is -0.347. The number of aliphatic hydroxyl groups is 1. The first-order valence-corrected chi connectivity index (χ1v) is 7.31. The summed E-state index contributed by atoms with van der Waals surface area (Å²) in [4.78, 5) is 7.97. The Bertz CT molecular complexity index is 560. The van der Waals surface area contributed by atoms with Crippen LogP contribution in [0.4, 0.5) is 0 Å². The minimum absolute atomic E-state index is 0.0155. The van der Waals surface area contributed by atoms with E-state index in [1.807, 2.05) is 6.20 Å².